The minimum Gasteiger partial charge on any atom is -0.478 e. The van der Waals surface area contributed by atoms with Crippen LogP contribution in [0.4, 0.5) is 4.39 Å². The van der Waals surface area contributed by atoms with Crippen LogP contribution in [0.2, 0.25) is 10.0 Å². The highest BCUT2D eigenvalue weighted by atomic mass is 35.5. The van der Waals surface area contributed by atoms with Crippen LogP contribution in [0, 0.1) is 5.82 Å². The molecule has 0 heterocycles. The summed E-state index contributed by atoms with van der Waals surface area (Å²) in [6, 6.07) is 8.16. The Morgan fingerprint density at radius 3 is 2.53 bits per heavy atom. The first kappa shape index (κ1) is 13.6. The predicted octanol–water partition coefficient (Wildman–Crippen LogP) is 4.62. The van der Waals surface area contributed by atoms with Crippen molar-refractivity contribution in [2.45, 2.75) is 0 Å². The number of carboxylic acid groups (broad SMARTS) is 1. The lowest BCUT2D eigenvalue weighted by Crippen LogP contribution is -2.01. The minimum absolute atomic E-state index is 0.0539. The van der Waals surface area contributed by atoms with Gasteiger partial charge >= 0.3 is 5.97 Å². The second-order valence-corrected chi connectivity index (χ2v) is 4.41. The zero-order valence-electron chi connectivity index (χ0n) is 9.36. The van der Waals surface area contributed by atoms with Crippen molar-refractivity contribution in [3.8, 4) is 11.5 Å². The van der Waals surface area contributed by atoms with Gasteiger partial charge in [-0.2, -0.15) is 0 Å². The van der Waals surface area contributed by atoms with Gasteiger partial charge in [0.15, 0.2) is 0 Å². The highest BCUT2D eigenvalue weighted by molar-refractivity contribution is 6.34. The van der Waals surface area contributed by atoms with Crippen LogP contribution in [0.15, 0.2) is 36.4 Å². The molecule has 0 bridgehead atoms. The monoisotopic (exact) mass is 300 g/mol. The molecule has 0 atom stereocenters. The molecule has 0 amide bonds. The summed E-state index contributed by atoms with van der Waals surface area (Å²) in [7, 11) is 0. The maximum atomic E-state index is 13.0. The second kappa shape index (κ2) is 5.47. The molecule has 0 aliphatic heterocycles. The molecule has 0 saturated heterocycles. The third-order valence-electron chi connectivity index (χ3n) is 2.31. The molecular formula is C13H7Cl2FO3. The van der Waals surface area contributed by atoms with E-state index in [0.717, 1.165) is 6.07 Å². The lowest BCUT2D eigenvalue weighted by Gasteiger charge is -2.10. The topological polar surface area (TPSA) is 46.5 Å². The number of hydrogen-bond donors (Lipinski definition) is 1. The summed E-state index contributed by atoms with van der Waals surface area (Å²) in [5.41, 5.74) is -0.162. The fourth-order valence-corrected chi connectivity index (χ4v) is 1.88. The van der Waals surface area contributed by atoms with Crippen LogP contribution < -0.4 is 4.74 Å². The van der Waals surface area contributed by atoms with Gasteiger partial charge in [-0.1, -0.05) is 29.3 Å². The Hall–Kier alpha value is -1.78. The van der Waals surface area contributed by atoms with Crippen molar-refractivity contribution in [1.29, 1.82) is 0 Å². The van der Waals surface area contributed by atoms with E-state index >= 15 is 0 Å². The Kier molecular flexibility index (Phi) is 3.93. The summed E-state index contributed by atoms with van der Waals surface area (Å²) in [4.78, 5) is 11.1. The normalized spacial score (nSPS) is 10.3. The minimum atomic E-state index is -1.21. The molecule has 3 nitrogen and oxygen atoms in total. The number of carbonyl (C=O) groups is 1. The second-order valence-electron chi connectivity index (χ2n) is 3.60. The van der Waals surface area contributed by atoms with Crippen molar-refractivity contribution in [2.75, 3.05) is 0 Å². The van der Waals surface area contributed by atoms with E-state index in [-0.39, 0.29) is 27.1 Å². The van der Waals surface area contributed by atoms with E-state index in [0.29, 0.717) is 0 Å². The van der Waals surface area contributed by atoms with Crippen molar-refractivity contribution in [1.82, 2.24) is 0 Å². The first-order valence-electron chi connectivity index (χ1n) is 5.13. The van der Waals surface area contributed by atoms with Crippen molar-refractivity contribution in [2.24, 2.45) is 0 Å². The van der Waals surface area contributed by atoms with Crippen LogP contribution in [0.5, 0.6) is 11.5 Å². The molecule has 0 spiro atoms. The fraction of sp³-hybridized carbons (Fsp3) is 0. The molecule has 2 aromatic rings. The average Bonchev–Trinajstić information content (AvgIpc) is 2.33. The lowest BCUT2D eigenvalue weighted by atomic mass is 10.2. The largest absolute Gasteiger partial charge is 0.478 e. The van der Waals surface area contributed by atoms with Gasteiger partial charge in [-0.05, 0) is 24.3 Å². The third kappa shape index (κ3) is 2.97. The van der Waals surface area contributed by atoms with E-state index in [1.54, 1.807) is 6.07 Å². The van der Waals surface area contributed by atoms with Crippen molar-refractivity contribution in [3.05, 3.63) is 57.8 Å². The Labute approximate surface area is 118 Å². The maximum absolute atomic E-state index is 13.0. The molecule has 6 heteroatoms. The van der Waals surface area contributed by atoms with Gasteiger partial charge < -0.3 is 9.84 Å². The molecule has 0 aromatic heterocycles. The average molecular weight is 301 g/mol. The summed E-state index contributed by atoms with van der Waals surface area (Å²) >= 11 is 11.4. The molecular weight excluding hydrogens is 294 g/mol. The molecule has 2 rings (SSSR count). The SMILES string of the molecule is O=C(O)c1c(Cl)cccc1Oc1ccc(F)c(Cl)c1. The molecule has 98 valence electrons. The molecule has 0 aliphatic rings. The van der Waals surface area contributed by atoms with Gasteiger partial charge in [-0.15, -0.1) is 0 Å². The smallest absolute Gasteiger partial charge is 0.341 e. The van der Waals surface area contributed by atoms with Gasteiger partial charge in [0.05, 0.1) is 10.0 Å². The van der Waals surface area contributed by atoms with E-state index in [1.165, 1.54) is 24.3 Å². The van der Waals surface area contributed by atoms with Gasteiger partial charge in [0.25, 0.3) is 0 Å². The van der Waals surface area contributed by atoms with Crippen LogP contribution in [0.1, 0.15) is 10.4 Å². The van der Waals surface area contributed by atoms with Gasteiger partial charge in [-0.3, -0.25) is 0 Å². The van der Waals surface area contributed by atoms with E-state index in [4.69, 9.17) is 33.0 Å². The number of hydrogen-bond acceptors (Lipinski definition) is 2. The van der Waals surface area contributed by atoms with E-state index in [1.807, 2.05) is 0 Å². The predicted molar refractivity (Wildman–Crippen MR) is 69.9 cm³/mol. The zero-order chi connectivity index (χ0) is 14.0. The summed E-state index contributed by atoms with van der Waals surface area (Å²) in [5.74, 6) is -1.52. The molecule has 1 N–H and O–H groups in total. The van der Waals surface area contributed by atoms with Crippen molar-refractivity contribution < 1.29 is 19.0 Å². The highest BCUT2D eigenvalue weighted by Crippen LogP contribution is 2.31. The van der Waals surface area contributed by atoms with E-state index in [9.17, 15) is 9.18 Å². The van der Waals surface area contributed by atoms with Crippen LogP contribution in [0.25, 0.3) is 0 Å². The Morgan fingerprint density at radius 1 is 1.16 bits per heavy atom. The molecule has 0 radical (unpaired) electrons. The molecule has 2 aromatic carbocycles. The zero-order valence-corrected chi connectivity index (χ0v) is 10.9. The third-order valence-corrected chi connectivity index (χ3v) is 2.91. The first-order chi connectivity index (χ1) is 8.99. The Morgan fingerprint density at radius 2 is 1.89 bits per heavy atom. The number of benzene rings is 2. The van der Waals surface area contributed by atoms with Gasteiger partial charge in [-0.25, -0.2) is 9.18 Å². The first-order valence-corrected chi connectivity index (χ1v) is 5.89. The molecule has 0 unspecified atom stereocenters. The van der Waals surface area contributed by atoms with Gasteiger partial charge in [0.2, 0.25) is 0 Å². The summed E-state index contributed by atoms with van der Waals surface area (Å²) in [6.45, 7) is 0. The standard InChI is InChI=1S/C13H7Cl2FO3/c14-8-2-1-3-11(12(8)13(17)18)19-7-4-5-10(16)9(15)6-7/h1-6H,(H,17,18). The number of halogens is 3. The van der Waals surface area contributed by atoms with E-state index in [2.05, 4.69) is 0 Å². The van der Waals surface area contributed by atoms with Crippen molar-refractivity contribution in [3.63, 3.8) is 0 Å². The van der Waals surface area contributed by atoms with Crippen LogP contribution in [-0.4, -0.2) is 11.1 Å². The highest BCUT2D eigenvalue weighted by Gasteiger charge is 2.16. The lowest BCUT2D eigenvalue weighted by molar-refractivity contribution is 0.0694. The molecule has 19 heavy (non-hydrogen) atoms. The van der Waals surface area contributed by atoms with Crippen LogP contribution >= 0.6 is 23.2 Å². The van der Waals surface area contributed by atoms with Gasteiger partial charge in [0, 0.05) is 6.07 Å². The number of rotatable bonds is 3. The van der Waals surface area contributed by atoms with Crippen LogP contribution in [-0.2, 0) is 0 Å². The quantitative estimate of drug-likeness (QED) is 0.899. The number of carboxylic acids is 1. The fourth-order valence-electron chi connectivity index (χ4n) is 1.46. The summed E-state index contributed by atoms with van der Waals surface area (Å²) < 4.78 is 18.4. The maximum Gasteiger partial charge on any atom is 0.341 e. The van der Waals surface area contributed by atoms with Gasteiger partial charge in [0.1, 0.15) is 22.9 Å². The Balaban J connectivity index is 2.40. The number of ether oxygens (including phenoxy) is 1. The molecule has 0 aliphatic carbocycles. The molecule has 0 saturated carbocycles. The number of aromatic carboxylic acids is 1. The molecule has 0 fully saturated rings. The van der Waals surface area contributed by atoms with Crippen molar-refractivity contribution >= 4 is 29.2 Å². The van der Waals surface area contributed by atoms with Crippen LogP contribution in [0.3, 0.4) is 0 Å². The summed E-state index contributed by atoms with van der Waals surface area (Å²) in [6.07, 6.45) is 0. The van der Waals surface area contributed by atoms with E-state index < -0.39 is 11.8 Å². The summed E-state index contributed by atoms with van der Waals surface area (Å²) in [5, 5.41) is 9.01. The Bertz CT molecular complexity index is 644.